The lowest BCUT2D eigenvalue weighted by Crippen LogP contribution is -2.13. The number of carbonyl (C=O) groups excluding carboxylic acids is 1. The van der Waals surface area contributed by atoms with E-state index in [2.05, 4.69) is 15.6 Å². The summed E-state index contributed by atoms with van der Waals surface area (Å²) < 4.78 is 6.51. The van der Waals surface area contributed by atoms with Crippen LogP contribution in [0.3, 0.4) is 0 Å². The zero-order valence-electron chi connectivity index (χ0n) is 11.3. The van der Waals surface area contributed by atoms with Gasteiger partial charge < -0.3 is 9.84 Å². The lowest BCUT2D eigenvalue weighted by Gasteiger charge is -1.99. The van der Waals surface area contributed by atoms with Gasteiger partial charge in [0.05, 0.1) is 6.20 Å². The van der Waals surface area contributed by atoms with Crippen molar-refractivity contribution in [1.82, 2.24) is 14.9 Å². The molecule has 0 spiro atoms. The summed E-state index contributed by atoms with van der Waals surface area (Å²) in [6.45, 7) is 3.56. The fourth-order valence-electron chi connectivity index (χ4n) is 1.57. The van der Waals surface area contributed by atoms with Crippen molar-refractivity contribution in [1.29, 1.82) is 5.26 Å². The largest absolute Gasteiger partial charge is 0.360 e. The number of hydrogen-bond donors (Lipinski definition) is 1. The molecule has 0 aliphatic heterocycles. The second-order valence-electron chi connectivity index (χ2n) is 4.26. The van der Waals surface area contributed by atoms with Gasteiger partial charge in [0, 0.05) is 24.4 Å². The van der Waals surface area contributed by atoms with Crippen molar-refractivity contribution < 1.29 is 9.32 Å². The van der Waals surface area contributed by atoms with Crippen LogP contribution in [0.2, 0.25) is 0 Å². The smallest absolute Gasteiger partial charge is 0.267 e. The standard InChI is InChI=1S/C13H13N5O2/c1-8-4-12(17-20-8)16-13(19)10(6-14)5-11-7-15-18(3)9(11)2/h4-5,7H,1-3H3,(H,16,17,19). The molecule has 7 heteroatoms. The highest BCUT2D eigenvalue weighted by molar-refractivity contribution is 6.09. The van der Waals surface area contributed by atoms with E-state index in [0.717, 1.165) is 11.3 Å². The molecule has 2 aromatic heterocycles. The highest BCUT2D eigenvalue weighted by Gasteiger charge is 2.13. The molecule has 0 saturated carbocycles. The molecule has 0 fully saturated rings. The molecule has 0 aliphatic rings. The van der Waals surface area contributed by atoms with Crippen LogP contribution in [0.15, 0.2) is 22.4 Å². The average Bonchev–Trinajstić information content (AvgIpc) is 2.95. The zero-order valence-corrected chi connectivity index (χ0v) is 11.3. The van der Waals surface area contributed by atoms with Gasteiger partial charge in [0.1, 0.15) is 17.4 Å². The fourth-order valence-corrected chi connectivity index (χ4v) is 1.57. The summed E-state index contributed by atoms with van der Waals surface area (Å²) in [5, 5.41) is 19.3. The number of nitrogens with zero attached hydrogens (tertiary/aromatic N) is 4. The minimum Gasteiger partial charge on any atom is -0.360 e. The van der Waals surface area contributed by atoms with E-state index in [-0.39, 0.29) is 11.4 Å². The molecule has 102 valence electrons. The van der Waals surface area contributed by atoms with Crippen LogP contribution in [-0.4, -0.2) is 20.8 Å². The molecule has 7 nitrogen and oxygen atoms in total. The molecular weight excluding hydrogens is 258 g/mol. The number of hydrogen-bond acceptors (Lipinski definition) is 5. The van der Waals surface area contributed by atoms with E-state index in [1.165, 1.54) is 6.08 Å². The van der Waals surface area contributed by atoms with Gasteiger partial charge in [0.25, 0.3) is 5.91 Å². The van der Waals surface area contributed by atoms with Crippen molar-refractivity contribution in [3.05, 3.63) is 34.9 Å². The molecule has 2 heterocycles. The van der Waals surface area contributed by atoms with E-state index in [9.17, 15) is 4.79 Å². The first-order valence-corrected chi connectivity index (χ1v) is 5.86. The third kappa shape index (κ3) is 2.75. The molecule has 0 unspecified atom stereocenters. The number of anilines is 1. The van der Waals surface area contributed by atoms with Gasteiger partial charge in [0.15, 0.2) is 5.82 Å². The molecule has 1 N–H and O–H groups in total. The van der Waals surface area contributed by atoms with Crippen LogP contribution < -0.4 is 5.32 Å². The third-order valence-corrected chi connectivity index (χ3v) is 2.81. The molecule has 0 aromatic carbocycles. The van der Waals surface area contributed by atoms with Crippen molar-refractivity contribution in [2.24, 2.45) is 7.05 Å². The van der Waals surface area contributed by atoms with Gasteiger partial charge in [-0.15, -0.1) is 0 Å². The molecule has 0 aliphatic carbocycles. The van der Waals surface area contributed by atoms with Crippen LogP contribution in [0.5, 0.6) is 0 Å². The first-order valence-electron chi connectivity index (χ1n) is 5.86. The van der Waals surface area contributed by atoms with E-state index >= 15 is 0 Å². The lowest BCUT2D eigenvalue weighted by molar-refractivity contribution is -0.112. The Balaban J connectivity index is 2.22. The summed E-state index contributed by atoms with van der Waals surface area (Å²) in [5.41, 5.74) is 1.56. The van der Waals surface area contributed by atoms with Gasteiger partial charge in [0.2, 0.25) is 0 Å². The monoisotopic (exact) mass is 271 g/mol. The first kappa shape index (κ1) is 13.5. The maximum absolute atomic E-state index is 12.0. The predicted octanol–water partition coefficient (Wildman–Crippen LogP) is 1.57. The molecule has 0 atom stereocenters. The molecule has 0 radical (unpaired) electrons. The van der Waals surface area contributed by atoms with Crippen molar-refractivity contribution in [2.45, 2.75) is 13.8 Å². The minimum atomic E-state index is -0.538. The number of nitriles is 1. The van der Waals surface area contributed by atoms with Crippen molar-refractivity contribution in [2.75, 3.05) is 5.32 Å². The summed E-state index contributed by atoms with van der Waals surface area (Å²) in [5.74, 6) is 0.312. The second kappa shape index (κ2) is 5.40. The molecule has 2 rings (SSSR count). The van der Waals surface area contributed by atoms with Gasteiger partial charge in [-0.25, -0.2) is 0 Å². The number of carbonyl (C=O) groups is 1. The summed E-state index contributed by atoms with van der Waals surface area (Å²) in [6.07, 6.45) is 3.09. The van der Waals surface area contributed by atoms with E-state index in [1.807, 2.05) is 13.0 Å². The Morgan fingerprint density at radius 3 is 2.80 bits per heavy atom. The number of amides is 1. The van der Waals surface area contributed by atoms with Gasteiger partial charge in [-0.1, -0.05) is 5.16 Å². The van der Waals surface area contributed by atoms with Crippen molar-refractivity contribution in [3.8, 4) is 6.07 Å². The quantitative estimate of drug-likeness (QED) is 0.675. The maximum Gasteiger partial charge on any atom is 0.267 e. The molecule has 20 heavy (non-hydrogen) atoms. The summed E-state index contributed by atoms with van der Waals surface area (Å²) in [6, 6.07) is 3.44. The van der Waals surface area contributed by atoms with Crippen LogP contribution >= 0.6 is 0 Å². The summed E-state index contributed by atoms with van der Waals surface area (Å²) in [7, 11) is 1.79. The van der Waals surface area contributed by atoms with Crippen molar-refractivity contribution in [3.63, 3.8) is 0 Å². The lowest BCUT2D eigenvalue weighted by atomic mass is 10.1. The molecule has 0 bridgehead atoms. The number of aromatic nitrogens is 3. The van der Waals surface area contributed by atoms with Crippen molar-refractivity contribution >= 4 is 17.8 Å². The van der Waals surface area contributed by atoms with Crippen LogP contribution in [0.25, 0.3) is 6.08 Å². The SMILES string of the molecule is Cc1cc(NC(=O)C(C#N)=Cc2cnn(C)c2C)no1. The van der Waals surface area contributed by atoms with Gasteiger partial charge in [-0.05, 0) is 19.9 Å². The first-order chi connectivity index (χ1) is 9.51. The Hall–Kier alpha value is -2.88. The van der Waals surface area contributed by atoms with Crippen LogP contribution in [0.4, 0.5) is 5.82 Å². The Morgan fingerprint density at radius 1 is 1.55 bits per heavy atom. The molecule has 1 amide bonds. The minimum absolute atomic E-state index is 0.0262. The molecule has 0 saturated heterocycles. The third-order valence-electron chi connectivity index (χ3n) is 2.81. The Morgan fingerprint density at radius 2 is 2.30 bits per heavy atom. The van der Waals surface area contributed by atoms with Gasteiger partial charge in [-0.3, -0.25) is 9.48 Å². The zero-order chi connectivity index (χ0) is 14.7. The highest BCUT2D eigenvalue weighted by Crippen LogP contribution is 2.13. The predicted molar refractivity (Wildman–Crippen MR) is 71.4 cm³/mol. The number of nitrogens with one attached hydrogen (secondary N) is 1. The Bertz CT molecular complexity index is 717. The van der Waals surface area contributed by atoms with E-state index < -0.39 is 5.91 Å². The molecular formula is C13H13N5O2. The van der Waals surface area contributed by atoms with E-state index in [4.69, 9.17) is 9.78 Å². The van der Waals surface area contributed by atoms with E-state index in [1.54, 1.807) is 30.9 Å². The normalized spacial score (nSPS) is 11.2. The van der Waals surface area contributed by atoms with Crippen LogP contribution in [0.1, 0.15) is 17.0 Å². The van der Waals surface area contributed by atoms with E-state index in [0.29, 0.717) is 5.76 Å². The maximum atomic E-state index is 12.0. The number of rotatable bonds is 3. The van der Waals surface area contributed by atoms with Crippen LogP contribution in [0, 0.1) is 25.2 Å². The highest BCUT2D eigenvalue weighted by atomic mass is 16.5. The van der Waals surface area contributed by atoms with Gasteiger partial charge in [-0.2, -0.15) is 10.4 Å². The average molecular weight is 271 g/mol. The van der Waals surface area contributed by atoms with Gasteiger partial charge >= 0.3 is 0 Å². The Kier molecular flexibility index (Phi) is 3.66. The Labute approximate surface area is 115 Å². The summed E-state index contributed by atoms with van der Waals surface area (Å²) in [4.78, 5) is 12.0. The van der Waals surface area contributed by atoms with Crippen LogP contribution in [-0.2, 0) is 11.8 Å². The number of aryl methyl sites for hydroxylation is 2. The topological polar surface area (TPSA) is 96.7 Å². The fraction of sp³-hybridized carbons (Fsp3) is 0.231. The summed E-state index contributed by atoms with van der Waals surface area (Å²) >= 11 is 0. The molecule has 2 aromatic rings. The second-order valence-corrected chi connectivity index (χ2v) is 4.26.